The van der Waals surface area contributed by atoms with Crippen molar-refractivity contribution in [1.82, 2.24) is 14.5 Å². The molecule has 212 valence electrons. The maximum absolute atomic E-state index is 12.3. The van der Waals surface area contributed by atoms with E-state index in [9.17, 15) is 23.3 Å². The van der Waals surface area contributed by atoms with Gasteiger partial charge in [-0.2, -0.15) is 5.10 Å². The van der Waals surface area contributed by atoms with Gasteiger partial charge in [0.15, 0.2) is 0 Å². The highest BCUT2D eigenvalue weighted by Crippen LogP contribution is 2.39. The lowest BCUT2D eigenvalue weighted by Gasteiger charge is -2.23. The fourth-order valence-electron chi connectivity index (χ4n) is 5.12. The van der Waals surface area contributed by atoms with Gasteiger partial charge < -0.3 is 14.8 Å². The second kappa shape index (κ2) is 10.2. The van der Waals surface area contributed by atoms with Crippen molar-refractivity contribution in [3.05, 3.63) is 69.9 Å². The van der Waals surface area contributed by atoms with Crippen molar-refractivity contribution in [1.29, 1.82) is 0 Å². The van der Waals surface area contributed by atoms with Gasteiger partial charge in [0.25, 0.3) is 5.69 Å². The van der Waals surface area contributed by atoms with E-state index in [4.69, 9.17) is 14.6 Å². The van der Waals surface area contributed by atoms with E-state index < -0.39 is 21.1 Å². The average Bonchev–Trinajstić information content (AvgIpc) is 3.56. The van der Waals surface area contributed by atoms with Crippen molar-refractivity contribution in [2.45, 2.75) is 75.5 Å². The van der Waals surface area contributed by atoms with E-state index in [0.717, 1.165) is 23.6 Å². The first-order valence-electron chi connectivity index (χ1n) is 13.0. The molecule has 2 aromatic carbocycles. The Morgan fingerprint density at radius 3 is 2.55 bits per heavy atom. The van der Waals surface area contributed by atoms with Crippen LogP contribution in [-0.4, -0.2) is 35.4 Å². The standard InChI is InChI=1S/C27H31N5O7S/c1-16-22-14-18(6-12-24(22)40(36,37)30-16)28-25-15-23(29-31(25)27(2,3)4)17-5-9-21(13-17)39-26(33)38-20-10-7-19(8-11-20)32(34)35/h6-8,10-12,14-17,21,28,30H,5,9,13H2,1-4H3/t16?,17-,21+/m0/s1. The fourth-order valence-corrected chi connectivity index (χ4v) is 6.64. The van der Waals surface area contributed by atoms with Crippen LogP contribution >= 0.6 is 0 Å². The van der Waals surface area contributed by atoms with Crippen molar-refractivity contribution in [3.8, 4) is 5.75 Å². The summed E-state index contributed by atoms with van der Waals surface area (Å²) in [6.45, 7) is 7.95. The molecule has 1 saturated carbocycles. The van der Waals surface area contributed by atoms with Crippen LogP contribution in [-0.2, 0) is 20.3 Å². The van der Waals surface area contributed by atoms with Crippen LogP contribution in [0, 0.1) is 10.1 Å². The molecule has 0 bridgehead atoms. The Kier molecular flexibility index (Phi) is 7.04. The van der Waals surface area contributed by atoms with E-state index in [1.165, 1.54) is 24.3 Å². The van der Waals surface area contributed by atoms with Crippen LogP contribution in [0.2, 0.25) is 0 Å². The van der Waals surface area contributed by atoms with Crippen molar-refractivity contribution < 1.29 is 27.6 Å². The summed E-state index contributed by atoms with van der Waals surface area (Å²) in [5.41, 5.74) is 1.90. The normalized spacial score (nSPS) is 21.6. The Morgan fingerprint density at radius 1 is 1.15 bits per heavy atom. The number of carbonyl (C=O) groups is 1. The SMILES string of the molecule is CC1NS(=O)(=O)c2ccc(Nc3cc([C@H]4CC[C@@H](OC(=O)Oc5ccc([N+](=O)[O-])cc5)C4)nn3C(C)(C)C)cc21. The molecule has 2 N–H and O–H groups in total. The lowest BCUT2D eigenvalue weighted by molar-refractivity contribution is -0.384. The maximum atomic E-state index is 12.3. The second-order valence-electron chi connectivity index (χ2n) is 11.1. The molecule has 1 aliphatic heterocycles. The molecule has 1 aromatic heterocycles. The minimum absolute atomic E-state index is 0.0655. The molecular weight excluding hydrogens is 538 g/mol. The summed E-state index contributed by atoms with van der Waals surface area (Å²) in [6.07, 6.45) is 0.796. The largest absolute Gasteiger partial charge is 0.514 e. The van der Waals surface area contributed by atoms with Crippen LogP contribution in [0.25, 0.3) is 0 Å². The first-order chi connectivity index (χ1) is 18.8. The lowest BCUT2D eigenvalue weighted by Crippen LogP contribution is -2.24. The topological polar surface area (TPSA) is 155 Å². The van der Waals surface area contributed by atoms with Gasteiger partial charge in [-0.05, 0) is 82.9 Å². The molecule has 1 unspecified atom stereocenters. The molecule has 12 nitrogen and oxygen atoms in total. The minimum Gasteiger partial charge on any atom is -0.431 e. The van der Waals surface area contributed by atoms with Gasteiger partial charge in [-0.1, -0.05) is 0 Å². The smallest absolute Gasteiger partial charge is 0.431 e. The van der Waals surface area contributed by atoms with E-state index in [1.807, 2.05) is 44.5 Å². The predicted molar refractivity (Wildman–Crippen MR) is 146 cm³/mol. The molecule has 0 saturated heterocycles. The summed E-state index contributed by atoms with van der Waals surface area (Å²) in [5, 5.41) is 19.1. The molecule has 1 aliphatic carbocycles. The second-order valence-corrected chi connectivity index (χ2v) is 12.8. The van der Waals surface area contributed by atoms with E-state index in [0.29, 0.717) is 23.3 Å². The number of rotatable bonds is 6. The number of non-ortho nitro benzene ring substituents is 1. The van der Waals surface area contributed by atoms with Gasteiger partial charge in [-0.25, -0.2) is 22.6 Å². The van der Waals surface area contributed by atoms with Crippen molar-refractivity contribution in [2.75, 3.05) is 5.32 Å². The zero-order valence-electron chi connectivity index (χ0n) is 22.6. The molecule has 0 radical (unpaired) electrons. The van der Waals surface area contributed by atoms with Crippen molar-refractivity contribution >= 4 is 33.4 Å². The van der Waals surface area contributed by atoms with Gasteiger partial charge in [0.2, 0.25) is 10.0 Å². The molecule has 2 heterocycles. The zero-order chi connectivity index (χ0) is 28.8. The third-order valence-electron chi connectivity index (χ3n) is 7.05. The van der Waals surface area contributed by atoms with Gasteiger partial charge in [0.1, 0.15) is 17.7 Å². The Hall–Kier alpha value is -3.97. The van der Waals surface area contributed by atoms with Gasteiger partial charge in [-0.15, -0.1) is 0 Å². The number of sulfonamides is 1. The summed E-state index contributed by atoms with van der Waals surface area (Å²) < 4.78 is 39.8. The number of aromatic nitrogens is 2. The maximum Gasteiger partial charge on any atom is 0.514 e. The highest BCUT2D eigenvalue weighted by Gasteiger charge is 2.34. The minimum atomic E-state index is -3.48. The highest BCUT2D eigenvalue weighted by molar-refractivity contribution is 7.89. The van der Waals surface area contributed by atoms with E-state index in [2.05, 4.69) is 10.0 Å². The highest BCUT2D eigenvalue weighted by atomic mass is 32.2. The molecule has 13 heteroatoms. The number of hydrogen-bond donors (Lipinski definition) is 2. The first kappa shape index (κ1) is 27.6. The molecular formula is C27H31N5O7S. The molecule has 1 fully saturated rings. The van der Waals surface area contributed by atoms with Crippen molar-refractivity contribution in [2.24, 2.45) is 0 Å². The molecule has 3 atom stereocenters. The monoisotopic (exact) mass is 569 g/mol. The van der Waals surface area contributed by atoms with Gasteiger partial charge in [-0.3, -0.25) is 10.1 Å². The number of nitrogens with one attached hydrogen (secondary N) is 2. The van der Waals surface area contributed by atoms with Crippen LogP contribution < -0.4 is 14.8 Å². The molecule has 2 aliphatic rings. The summed E-state index contributed by atoms with van der Waals surface area (Å²) in [7, 11) is -3.48. The van der Waals surface area contributed by atoms with Crippen LogP contribution in [0.15, 0.2) is 53.4 Å². The lowest BCUT2D eigenvalue weighted by atomic mass is 10.0. The Bertz CT molecular complexity index is 1560. The summed E-state index contributed by atoms with van der Waals surface area (Å²) >= 11 is 0. The third-order valence-corrected chi connectivity index (χ3v) is 8.66. The van der Waals surface area contributed by atoms with Crippen LogP contribution in [0.4, 0.5) is 22.0 Å². The van der Waals surface area contributed by atoms with Gasteiger partial charge >= 0.3 is 6.16 Å². The quantitative estimate of drug-likeness (QED) is 0.170. The number of anilines is 2. The van der Waals surface area contributed by atoms with Gasteiger partial charge in [0.05, 0.1) is 21.1 Å². The third kappa shape index (κ3) is 5.65. The van der Waals surface area contributed by atoms with E-state index in [-0.39, 0.29) is 35.0 Å². The Balaban J connectivity index is 1.27. The van der Waals surface area contributed by atoms with Gasteiger partial charge in [0, 0.05) is 35.8 Å². The summed E-state index contributed by atoms with van der Waals surface area (Å²) in [5.74, 6) is 1.00. The molecule has 3 aromatic rings. The number of nitro benzene ring substituents is 1. The summed E-state index contributed by atoms with van der Waals surface area (Å²) in [4.78, 5) is 22.9. The molecule has 40 heavy (non-hydrogen) atoms. The molecule has 0 spiro atoms. The predicted octanol–water partition coefficient (Wildman–Crippen LogP) is 5.49. The summed E-state index contributed by atoms with van der Waals surface area (Å²) in [6, 6.07) is 12.1. The molecule has 0 amide bonds. The van der Waals surface area contributed by atoms with Crippen LogP contribution in [0.5, 0.6) is 5.75 Å². The Morgan fingerprint density at radius 2 is 1.88 bits per heavy atom. The first-order valence-corrected chi connectivity index (χ1v) is 14.4. The Labute approximate surface area is 231 Å². The average molecular weight is 570 g/mol. The fraction of sp³-hybridized carbons (Fsp3) is 0.407. The van der Waals surface area contributed by atoms with Crippen molar-refractivity contribution in [3.63, 3.8) is 0 Å². The number of benzene rings is 2. The number of ether oxygens (including phenoxy) is 2. The molecule has 5 rings (SSSR count). The number of hydrogen-bond acceptors (Lipinski definition) is 9. The number of carbonyl (C=O) groups excluding carboxylic acids is 1. The number of fused-ring (bicyclic) bond motifs is 1. The van der Waals surface area contributed by atoms with Crippen LogP contribution in [0.1, 0.15) is 70.2 Å². The van der Waals surface area contributed by atoms with E-state index >= 15 is 0 Å². The van der Waals surface area contributed by atoms with Crippen LogP contribution in [0.3, 0.4) is 0 Å². The zero-order valence-corrected chi connectivity index (χ0v) is 23.4. The van der Waals surface area contributed by atoms with E-state index in [1.54, 1.807) is 12.1 Å². The number of nitrogens with zero attached hydrogens (tertiary/aromatic N) is 3. The number of nitro groups is 1.